The van der Waals surface area contributed by atoms with Gasteiger partial charge in [-0.2, -0.15) is 0 Å². The summed E-state index contributed by atoms with van der Waals surface area (Å²) in [7, 11) is 0. The van der Waals surface area contributed by atoms with Crippen molar-refractivity contribution in [2.75, 3.05) is 29.7 Å². The van der Waals surface area contributed by atoms with Gasteiger partial charge in [-0.25, -0.2) is 0 Å². The first kappa shape index (κ1) is 17.8. The third-order valence-electron chi connectivity index (χ3n) is 2.88. The molecule has 0 N–H and O–H groups in total. The van der Waals surface area contributed by atoms with E-state index in [1.165, 1.54) is 0 Å². The molecule has 0 aliphatic heterocycles. The van der Waals surface area contributed by atoms with Crippen LogP contribution in [0.1, 0.15) is 18.9 Å². The summed E-state index contributed by atoms with van der Waals surface area (Å²) in [6.07, 6.45) is 0.271. The number of esters is 2. The van der Waals surface area contributed by atoms with Crippen molar-refractivity contribution in [2.45, 2.75) is 19.8 Å². The van der Waals surface area contributed by atoms with Crippen LogP contribution in [0.3, 0.4) is 0 Å². The summed E-state index contributed by atoms with van der Waals surface area (Å²) in [6.45, 7) is 3.06. The van der Waals surface area contributed by atoms with Crippen LogP contribution in [0.25, 0.3) is 0 Å². The lowest BCUT2D eigenvalue weighted by molar-refractivity contribution is -0.158. The maximum Gasteiger partial charge on any atom is 0.317 e. The summed E-state index contributed by atoms with van der Waals surface area (Å²) < 4.78 is 4.64. The highest BCUT2D eigenvalue weighted by Gasteiger charge is 2.10. The van der Waals surface area contributed by atoms with Gasteiger partial charge in [-0.05, 0) is 17.7 Å². The van der Waals surface area contributed by atoms with Crippen molar-refractivity contribution in [3.8, 4) is 0 Å². The van der Waals surface area contributed by atoms with Crippen LogP contribution >= 0.6 is 23.2 Å². The zero-order valence-corrected chi connectivity index (χ0v) is 13.5. The minimum atomic E-state index is -0.534. The molecule has 0 atom stereocenters. The van der Waals surface area contributed by atoms with Crippen LogP contribution in [-0.4, -0.2) is 36.8 Å². The van der Waals surface area contributed by atoms with Crippen LogP contribution < -0.4 is 4.90 Å². The molecular formula is C15H19Cl2NO3. The summed E-state index contributed by atoms with van der Waals surface area (Å²) in [5.74, 6) is -0.00577. The van der Waals surface area contributed by atoms with E-state index in [-0.39, 0.29) is 12.8 Å². The Morgan fingerprint density at radius 3 is 2.10 bits per heavy atom. The quantitative estimate of drug-likeness (QED) is 0.417. The molecule has 1 aromatic carbocycles. The maximum atomic E-state index is 11.5. The molecule has 116 valence electrons. The van der Waals surface area contributed by atoms with Gasteiger partial charge in [0, 0.05) is 37.0 Å². The van der Waals surface area contributed by atoms with Crippen molar-refractivity contribution in [1.82, 2.24) is 0 Å². The molecule has 0 heterocycles. The van der Waals surface area contributed by atoms with Crippen LogP contribution in [0, 0.1) is 0 Å². The molecule has 4 nitrogen and oxygen atoms in total. The Hall–Kier alpha value is -1.26. The average Bonchev–Trinajstić information content (AvgIpc) is 2.47. The van der Waals surface area contributed by atoms with Crippen LogP contribution in [0.2, 0.25) is 0 Å². The molecule has 21 heavy (non-hydrogen) atoms. The molecule has 0 radical (unpaired) electrons. The van der Waals surface area contributed by atoms with E-state index in [0.717, 1.165) is 11.3 Å². The summed E-state index contributed by atoms with van der Waals surface area (Å²) >= 11 is 11.5. The molecule has 1 rings (SSSR count). The number of hydrogen-bond donors (Lipinski definition) is 0. The fourth-order valence-corrected chi connectivity index (χ4v) is 2.21. The number of anilines is 1. The highest BCUT2D eigenvalue weighted by atomic mass is 35.5. The molecule has 0 fully saturated rings. The SMILES string of the molecule is CCC(=O)OC(=O)Cc1ccc(N(CCCl)CCCl)cc1. The fraction of sp³-hybridized carbons (Fsp3) is 0.467. The van der Waals surface area contributed by atoms with E-state index in [1.54, 1.807) is 6.92 Å². The lowest BCUT2D eigenvalue weighted by Crippen LogP contribution is -2.27. The second kappa shape index (κ2) is 9.64. The van der Waals surface area contributed by atoms with E-state index >= 15 is 0 Å². The van der Waals surface area contributed by atoms with E-state index in [4.69, 9.17) is 23.2 Å². The first-order valence-electron chi connectivity index (χ1n) is 6.80. The van der Waals surface area contributed by atoms with Crippen molar-refractivity contribution < 1.29 is 14.3 Å². The number of nitrogens with zero attached hydrogens (tertiary/aromatic N) is 1. The number of rotatable bonds is 8. The summed E-state index contributed by atoms with van der Waals surface area (Å²) in [6, 6.07) is 7.48. The molecule has 0 unspecified atom stereocenters. The molecule has 0 bridgehead atoms. The lowest BCUT2D eigenvalue weighted by atomic mass is 10.1. The van der Waals surface area contributed by atoms with E-state index in [9.17, 15) is 9.59 Å². The Bertz CT molecular complexity index is 456. The number of halogens is 2. The normalized spacial score (nSPS) is 10.2. The number of carbonyl (C=O) groups excluding carboxylic acids is 2. The molecule has 0 saturated heterocycles. The predicted octanol–water partition coefficient (Wildman–Crippen LogP) is 2.99. The zero-order valence-electron chi connectivity index (χ0n) is 12.0. The van der Waals surface area contributed by atoms with Crippen molar-refractivity contribution in [2.24, 2.45) is 0 Å². The first-order chi connectivity index (χ1) is 10.1. The van der Waals surface area contributed by atoms with Gasteiger partial charge in [0.25, 0.3) is 0 Å². The highest BCUT2D eigenvalue weighted by molar-refractivity contribution is 6.18. The second-order valence-electron chi connectivity index (χ2n) is 4.41. The molecule has 1 aromatic rings. The minimum Gasteiger partial charge on any atom is -0.393 e. The van der Waals surface area contributed by atoms with E-state index in [0.29, 0.717) is 24.8 Å². The lowest BCUT2D eigenvalue weighted by Gasteiger charge is -2.22. The first-order valence-corrected chi connectivity index (χ1v) is 7.87. The number of ether oxygens (including phenoxy) is 1. The van der Waals surface area contributed by atoms with Crippen LogP contribution in [-0.2, 0) is 20.7 Å². The fourth-order valence-electron chi connectivity index (χ4n) is 1.80. The Morgan fingerprint density at radius 1 is 1.05 bits per heavy atom. The van der Waals surface area contributed by atoms with Gasteiger partial charge in [-0.3, -0.25) is 9.59 Å². The Labute approximate surface area is 135 Å². The molecule has 0 amide bonds. The highest BCUT2D eigenvalue weighted by Crippen LogP contribution is 2.16. The Balaban J connectivity index is 2.64. The zero-order chi connectivity index (χ0) is 15.7. The van der Waals surface area contributed by atoms with Gasteiger partial charge in [0.05, 0.1) is 6.42 Å². The van der Waals surface area contributed by atoms with E-state index in [2.05, 4.69) is 9.64 Å². The monoisotopic (exact) mass is 331 g/mol. The smallest absolute Gasteiger partial charge is 0.317 e. The van der Waals surface area contributed by atoms with Gasteiger partial charge < -0.3 is 9.64 Å². The standard InChI is InChI=1S/C15H19Cl2NO3/c1-2-14(19)21-15(20)11-12-3-5-13(6-4-12)18(9-7-16)10-8-17/h3-6H,2,7-11H2,1H3. The second-order valence-corrected chi connectivity index (χ2v) is 5.16. The van der Waals surface area contributed by atoms with Gasteiger partial charge in [0.15, 0.2) is 0 Å². The van der Waals surface area contributed by atoms with Gasteiger partial charge in [-0.1, -0.05) is 19.1 Å². The van der Waals surface area contributed by atoms with Crippen LogP contribution in [0.5, 0.6) is 0 Å². The number of benzene rings is 1. The van der Waals surface area contributed by atoms with E-state index < -0.39 is 11.9 Å². The summed E-state index contributed by atoms with van der Waals surface area (Å²) in [5.41, 5.74) is 1.79. The maximum absolute atomic E-state index is 11.5. The van der Waals surface area contributed by atoms with Gasteiger partial charge in [-0.15, -0.1) is 23.2 Å². The van der Waals surface area contributed by atoms with Gasteiger partial charge in [0.2, 0.25) is 0 Å². The molecule has 0 aliphatic carbocycles. The topological polar surface area (TPSA) is 46.6 Å². The van der Waals surface area contributed by atoms with Crippen LogP contribution in [0.4, 0.5) is 5.69 Å². The molecule has 0 aliphatic rings. The van der Waals surface area contributed by atoms with Crippen molar-refractivity contribution in [1.29, 1.82) is 0 Å². The molecule has 6 heteroatoms. The van der Waals surface area contributed by atoms with Crippen LogP contribution in [0.15, 0.2) is 24.3 Å². The molecule has 0 aromatic heterocycles. The van der Waals surface area contributed by atoms with Crippen molar-refractivity contribution in [3.63, 3.8) is 0 Å². The third kappa shape index (κ3) is 6.36. The third-order valence-corrected chi connectivity index (χ3v) is 3.21. The van der Waals surface area contributed by atoms with E-state index in [1.807, 2.05) is 24.3 Å². The Kier molecular flexibility index (Phi) is 8.16. The molecule has 0 spiro atoms. The van der Waals surface area contributed by atoms with Crippen molar-refractivity contribution >= 4 is 40.8 Å². The number of alkyl halides is 2. The summed E-state index contributed by atoms with van der Waals surface area (Å²) in [5, 5.41) is 0. The minimum absolute atomic E-state index is 0.0804. The number of hydrogen-bond acceptors (Lipinski definition) is 4. The van der Waals surface area contributed by atoms with Gasteiger partial charge >= 0.3 is 11.9 Å². The largest absolute Gasteiger partial charge is 0.393 e. The predicted molar refractivity (Wildman–Crippen MR) is 85.2 cm³/mol. The number of carbonyl (C=O) groups is 2. The molecule has 0 saturated carbocycles. The van der Waals surface area contributed by atoms with Crippen molar-refractivity contribution in [3.05, 3.63) is 29.8 Å². The molecular weight excluding hydrogens is 313 g/mol. The average molecular weight is 332 g/mol. The van der Waals surface area contributed by atoms with Gasteiger partial charge in [0.1, 0.15) is 0 Å². The Morgan fingerprint density at radius 2 is 1.62 bits per heavy atom. The summed E-state index contributed by atoms with van der Waals surface area (Å²) in [4.78, 5) is 24.6.